The molecule has 1 saturated carbocycles. The lowest BCUT2D eigenvalue weighted by Gasteiger charge is -2.12. The summed E-state index contributed by atoms with van der Waals surface area (Å²) < 4.78 is 1.62. The first-order valence-electron chi connectivity index (χ1n) is 6.47. The number of amides is 1. The van der Waals surface area contributed by atoms with Crippen LogP contribution in [0.5, 0.6) is 0 Å². The summed E-state index contributed by atoms with van der Waals surface area (Å²) in [7, 11) is 0. The van der Waals surface area contributed by atoms with E-state index in [2.05, 4.69) is 10.4 Å². The summed E-state index contributed by atoms with van der Waals surface area (Å²) in [5.74, 6) is -0.259. The Morgan fingerprint density at radius 2 is 2.05 bits per heavy atom. The van der Waals surface area contributed by atoms with Crippen LogP contribution >= 0.6 is 0 Å². The zero-order valence-corrected chi connectivity index (χ0v) is 10.9. The van der Waals surface area contributed by atoms with Crippen molar-refractivity contribution in [3.8, 4) is 5.69 Å². The van der Waals surface area contributed by atoms with E-state index < -0.39 is 5.54 Å². The van der Waals surface area contributed by atoms with Gasteiger partial charge in [0.2, 0.25) is 0 Å². The molecule has 1 aromatic carbocycles. The Balaban J connectivity index is 1.76. The molecule has 6 heteroatoms. The largest absolute Gasteiger partial charge is 0.399 e. The maximum atomic E-state index is 12.0. The minimum absolute atomic E-state index is 0.0303. The number of benzene rings is 1. The Hall–Kier alpha value is -2.34. The summed E-state index contributed by atoms with van der Waals surface area (Å²) in [5.41, 5.74) is 7.05. The topological polar surface area (TPSA) is 93.2 Å². The number of aliphatic hydroxyl groups is 1. The number of aromatic nitrogens is 2. The molecule has 4 N–H and O–H groups in total. The molecule has 20 heavy (non-hydrogen) atoms. The highest BCUT2D eigenvalue weighted by Crippen LogP contribution is 2.34. The van der Waals surface area contributed by atoms with E-state index in [4.69, 9.17) is 5.73 Å². The number of nitrogens with one attached hydrogen (secondary N) is 1. The van der Waals surface area contributed by atoms with E-state index in [9.17, 15) is 9.90 Å². The molecule has 0 atom stereocenters. The minimum Gasteiger partial charge on any atom is -0.399 e. The summed E-state index contributed by atoms with van der Waals surface area (Å²) in [6.07, 6.45) is 3.35. The average Bonchev–Trinajstić information content (AvgIpc) is 3.04. The van der Waals surface area contributed by atoms with Crippen LogP contribution in [0, 0.1) is 0 Å². The van der Waals surface area contributed by atoms with E-state index in [1.54, 1.807) is 29.1 Å². The van der Waals surface area contributed by atoms with E-state index in [1.807, 2.05) is 12.1 Å². The van der Waals surface area contributed by atoms with Crippen LogP contribution in [0.2, 0.25) is 0 Å². The van der Waals surface area contributed by atoms with Crippen LogP contribution in [0.25, 0.3) is 5.69 Å². The lowest BCUT2D eigenvalue weighted by atomic mass is 10.3. The molecule has 0 saturated heterocycles. The third-order valence-corrected chi connectivity index (χ3v) is 3.51. The second kappa shape index (κ2) is 4.64. The van der Waals surface area contributed by atoms with E-state index in [0.717, 1.165) is 18.5 Å². The van der Waals surface area contributed by atoms with Crippen molar-refractivity contribution in [2.45, 2.75) is 18.4 Å². The van der Waals surface area contributed by atoms with Gasteiger partial charge in [0.25, 0.3) is 5.91 Å². The van der Waals surface area contributed by atoms with Crippen LogP contribution in [0.15, 0.2) is 36.5 Å². The van der Waals surface area contributed by atoms with Gasteiger partial charge in [0.05, 0.1) is 17.8 Å². The second-order valence-corrected chi connectivity index (χ2v) is 5.13. The maximum absolute atomic E-state index is 12.0. The predicted octanol–water partition coefficient (Wildman–Crippen LogP) is 0.709. The Morgan fingerprint density at radius 3 is 2.65 bits per heavy atom. The number of nitrogens with two attached hydrogens (primary N) is 1. The van der Waals surface area contributed by atoms with E-state index in [1.165, 1.54) is 0 Å². The Labute approximate surface area is 116 Å². The van der Waals surface area contributed by atoms with Gasteiger partial charge in [-0.3, -0.25) is 4.79 Å². The zero-order chi connectivity index (χ0) is 14.2. The number of hydrogen-bond donors (Lipinski definition) is 3. The van der Waals surface area contributed by atoms with Gasteiger partial charge in [-0.1, -0.05) is 0 Å². The van der Waals surface area contributed by atoms with Crippen LogP contribution in [0.3, 0.4) is 0 Å². The van der Waals surface area contributed by atoms with Crippen LogP contribution in [-0.2, 0) is 0 Å². The summed E-state index contributed by atoms with van der Waals surface area (Å²) in [5, 5.41) is 16.3. The van der Waals surface area contributed by atoms with E-state index >= 15 is 0 Å². The lowest BCUT2D eigenvalue weighted by Crippen LogP contribution is -2.39. The number of carbonyl (C=O) groups excluding carboxylic acids is 1. The molecule has 3 rings (SSSR count). The van der Waals surface area contributed by atoms with Gasteiger partial charge in [0.1, 0.15) is 0 Å². The highest BCUT2D eigenvalue weighted by Gasteiger charge is 2.43. The molecule has 0 aliphatic heterocycles. The van der Waals surface area contributed by atoms with Crippen LogP contribution < -0.4 is 11.1 Å². The summed E-state index contributed by atoms with van der Waals surface area (Å²) >= 11 is 0. The third-order valence-electron chi connectivity index (χ3n) is 3.51. The SMILES string of the molecule is Nc1ccc(-n2ccc(C(=O)NC3(CO)CC3)n2)cc1. The van der Waals surface area contributed by atoms with Crippen LogP contribution in [-0.4, -0.2) is 32.9 Å². The molecule has 1 aromatic heterocycles. The minimum atomic E-state index is -0.429. The quantitative estimate of drug-likeness (QED) is 0.715. The van der Waals surface area contributed by atoms with Crippen molar-refractivity contribution in [1.29, 1.82) is 0 Å². The number of hydrogen-bond acceptors (Lipinski definition) is 4. The first kappa shape index (κ1) is 12.7. The molecule has 0 radical (unpaired) electrons. The summed E-state index contributed by atoms with van der Waals surface area (Å²) in [4.78, 5) is 12.0. The molecular weight excluding hydrogens is 256 g/mol. The summed E-state index contributed by atoms with van der Waals surface area (Å²) in [6.45, 7) is -0.0303. The number of aliphatic hydroxyl groups excluding tert-OH is 1. The standard InChI is InChI=1S/C14H16N4O2/c15-10-1-3-11(4-2-10)18-8-5-12(17-18)13(20)16-14(9-19)6-7-14/h1-5,8,19H,6-7,9,15H2,(H,16,20). The smallest absolute Gasteiger partial charge is 0.272 e. The van der Waals surface area contributed by atoms with Gasteiger partial charge in [-0.05, 0) is 43.2 Å². The molecule has 1 aliphatic carbocycles. The normalized spacial score (nSPS) is 15.8. The molecule has 1 aliphatic rings. The Morgan fingerprint density at radius 1 is 1.35 bits per heavy atom. The molecule has 104 valence electrons. The first-order valence-corrected chi connectivity index (χ1v) is 6.47. The zero-order valence-electron chi connectivity index (χ0n) is 10.9. The second-order valence-electron chi connectivity index (χ2n) is 5.13. The molecule has 0 bridgehead atoms. The van der Waals surface area contributed by atoms with E-state index in [-0.39, 0.29) is 12.5 Å². The molecule has 6 nitrogen and oxygen atoms in total. The maximum Gasteiger partial charge on any atom is 0.272 e. The predicted molar refractivity (Wildman–Crippen MR) is 74.5 cm³/mol. The van der Waals surface area contributed by atoms with Crippen molar-refractivity contribution >= 4 is 11.6 Å². The van der Waals surface area contributed by atoms with Gasteiger partial charge in [-0.2, -0.15) is 5.10 Å². The molecule has 0 spiro atoms. The number of nitrogen functional groups attached to an aromatic ring is 1. The van der Waals surface area contributed by atoms with E-state index in [0.29, 0.717) is 11.4 Å². The number of carbonyl (C=O) groups is 1. The van der Waals surface area contributed by atoms with Crippen molar-refractivity contribution in [3.63, 3.8) is 0 Å². The van der Waals surface area contributed by atoms with Crippen LogP contribution in [0.1, 0.15) is 23.3 Å². The average molecular weight is 272 g/mol. The van der Waals surface area contributed by atoms with Gasteiger partial charge >= 0.3 is 0 Å². The van der Waals surface area contributed by atoms with Gasteiger partial charge in [-0.25, -0.2) is 4.68 Å². The highest BCUT2D eigenvalue weighted by molar-refractivity contribution is 5.93. The molecule has 1 amide bonds. The molecule has 1 heterocycles. The molecular formula is C14H16N4O2. The number of rotatable bonds is 4. The van der Waals surface area contributed by atoms with Crippen molar-refractivity contribution in [2.75, 3.05) is 12.3 Å². The van der Waals surface area contributed by atoms with Crippen molar-refractivity contribution in [2.24, 2.45) is 0 Å². The fourth-order valence-electron chi connectivity index (χ4n) is 1.99. The van der Waals surface area contributed by atoms with Crippen molar-refractivity contribution < 1.29 is 9.90 Å². The lowest BCUT2D eigenvalue weighted by molar-refractivity contribution is 0.0901. The van der Waals surface area contributed by atoms with Gasteiger partial charge in [-0.15, -0.1) is 0 Å². The third kappa shape index (κ3) is 2.37. The first-order chi connectivity index (χ1) is 9.62. The Kier molecular flexibility index (Phi) is 2.94. The van der Waals surface area contributed by atoms with Crippen LogP contribution in [0.4, 0.5) is 5.69 Å². The van der Waals surface area contributed by atoms with Gasteiger partial charge in [0.15, 0.2) is 5.69 Å². The number of nitrogens with zero attached hydrogens (tertiary/aromatic N) is 2. The summed E-state index contributed by atoms with van der Waals surface area (Å²) in [6, 6.07) is 8.88. The monoisotopic (exact) mass is 272 g/mol. The highest BCUT2D eigenvalue weighted by atomic mass is 16.3. The molecule has 2 aromatic rings. The fraction of sp³-hybridized carbons (Fsp3) is 0.286. The van der Waals surface area contributed by atoms with Crippen molar-refractivity contribution in [1.82, 2.24) is 15.1 Å². The fourth-order valence-corrected chi connectivity index (χ4v) is 1.99. The number of anilines is 1. The van der Waals surface area contributed by atoms with Crippen molar-refractivity contribution in [3.05, 3.63) is 42.2 Å². The molecule has 1 fully saturated rings. The molecule has 0 unspecified atom stereocenters. The van der Waals surface area contributed by atoms with Gasteiger partial charge < -0.3 is 16.2 Å². The Bertz CT molecular complexity index is 629. The van der Waals surface area contributed by atoms with Gasteiger partial charge in [0, 0.05) is 11.9 Å².